The number of nitrogens with one attached hydrogen (secondary N) is 1. The van der Waals surface area contributed by atoms with E-state index in [1.165, 1.54) is 54.8 Å². The number of ether oxygens (including phenoxy) is 6. The minimum atomic E-state index is -4.00. The van der Waals surface area contributed by atoms with Crippen LogP contribution in [0, 0.1) is 0 Å². The van der Waals surface area contributed by atoms with Gasteiger partial charge in [0, 0.05) is 12.1 Å². The summed E-state index contributed by atoms with van der Waals surface area (Å²) in [6, 6.07) is 13.3. The molecule has 0 saturated heterocycles. The largest absolute Gasteiger partial charge is 0.493 e. The van der Waals surface area contributed by atoms with Crippen molar-refractivity contribution in [2.75, 3.05) is 47.4 Å². The van der Waals surface area contributed by atoms with Crippen LogP contribution in [0.1, 0.15) is 11.1 Å². The molecule has 0 atom stereocenters. The molecule has 192 valence electrons. The molecule has 0 heterocycles. The highest BCUT2D eigenvalue weighted by Crippen LogP contribution is 2.40. The highest BCUT2D eigenvalue weighted by molar-refractivity contribution is 7.92. The Bertz CT molecular complexity index is 1300. The number of anilines is 1. The molecular weight excluding hydrogens is 486 g/mol. The molecule has 9 nitrogen and oxygen atoms in total. The first-order chi connectivity index (χ1) is 17.3. The van der Waals surface area contributed by atoms with Crippen molar-refractivity contribution in [1.29, 1.82) is 0 Å². The molecular formula is C26H29NO8S. The Hall–Kier alpha value is -4.05. The van der Waals surface area contributed by atoms with Gasteiger partial charge in [-0.2, -0.15) is 0 Å². The SMILES string of the molecule is COc1cc(C=Cc2ccccc2NS(=O)(=O)c2cc(OC)c(OC)c(OC)c2)cc(OC)c1OC. The van der Waals surface area contributed by atoms with Gasteiger partial charge in [0.05, 0.1) is 53.2 Å². The van der Waals surface area contributed by atoms with Crippen LogP contribution in [0.3, 0.4) is 0 Å². The first kappa shape index (κ1) is 26.6. The van der Waals surface area contributed by atoms with E-state index in [4.69, 9.17) is 28.4 Å². The molecule has 0 aromatic heterocycles. The van der Waals surface area contributed by atoms with Crippen molar-refractivity contribution in [2.24, 2.45) is 0 Å². The van der Waals surface area contributed by atoms with Crippen LogP contribution < -0.4 is 33.1 Å². The van der Waals surface area contributed by atoms with Gasteiger partial charge >= 0.3 is 0 Å². The predicted molar refractivity (Wildman–Crippen MR) is 138 cm³/mol. The summed E-state index contributed by atoms with van der Waals surface area (Å²) in [4.78, 5) is -0.0413. The molecule has 0 radical (unpaired) electrons. The van der Waals surface area contributed by atoms with E-state index in [1.54, 1.807) is 36.4 Å². The number of benzene rings is 3. The third kappa shape index (κ3) is 5.60. The molecule has 0 aliphatic heterocycles. The number of methoxy groups -OCH3 is 6. The molecule has 36 heavy (non-hydrogen) atoms. The van der Waals surface area contributed by atoms with Crippen LogP contribution in [0.15, 0.2) is 53.4 Å². The fourth-order valence-corrected chi connectivity index (χ4v) is 4.65. The van der Waals surface area contributed by atoms with Crippen molar-refractivity contribution in [3.63, 3.8) is 0 Å². The van der Waals surface area contributed by atoms with Gasteiger partial charge in [0.1, 0.15) is 0 Å². The Balaban J connectivity index is 1.98. The van der Waals surface area contributed by atoms with Gasteiger partial charge in [-0.15, -0.1) is 0 Å². The van der Waals surface area contributed by atoms with E-state index in [-0.39, 0.29) is 16.4 Å². The topological polar surface area (TPSA) is 102 Å². The Morgan fingerprint density at radius 2 is 1.11 bits per heavy atom. The second-order valence-electron chi connectivity index (χ2n) is 7.35. The van der Waals surface area contributed by atoms with E-state index in [1.807, 2.05) is 12.1 Å². The average Bonchev–Trinajstić information content (AvgIpc) is 2.90. The van der Waals surface area contributed by atoms with Crippen molar-refractivity contribution in [2.45, 2.75) is 4.90 Å². The second-order valence-corrected chi connectivity index (χ2v) is 9.03. The van der Waals surface area contributed by atoms with Gasteiger partial charge in [-0.1, -0.05) is 30.4 Å². The van der Waals surface area contributed by atoms with Crippen LogP contribution in [-0.2, 0) is 10.0 Å². The molecule has 0 amide bonds. The fourth-order valence-electron chi connectivity index (χ4n) is 3.53. The zero-order valence-electron chi connectivity index (χ0n) is 20.9. The third-order valence-corrected chi connectivity index (χ3v) is 6.64. The van der Waals surface area contributed by atoms with Crippen LogP contribution in [0.2, 0.25) is 0 Å². The first-order valence-corrected chi connectivity index (χ1v) is 12.2. The number of para-hydroxylation sites is 1. The summed E-state index contributed by atoms with van der Waals surface area (Å²) < 4.78 is 61.2. The molecule has 3 rings (SSSR count). The van der Waals surface area contributed by atoms with E-state index >= 15 is 0 Å². The van der Waals surface area contributed by atoms with Crippen molar-refractivity contribution < 1.29 is 36.8 Å². The molecule has 1 N–H and O–H groups in total. The molecule has 0 bridgehead atoms. The summed E-state index contributed by atoms with van der Waals surface area (Å²) >= 11 is 0. The lowest BCUT2D eigenvalue weighted by molar-refractivity contribution is 0.323. The normalized spacial score (nSPS) is 11.2. The van der Waals surface area contributed by atoms with Crippen molar-refractivity contribution in [3.8, 4) is 34.5 Å². The molecule has 0 unspecified atom stereocenters. The lowest BCUT2D eigenvalue weighted by atomic mass is 10.1. The fraction of sp³-hybridized carbons (Fsp3) is 0.231. The molecule has 10 heteroatoms. The van der Waals surface area contributed by atoms with Crippen LogP contribution in [0.5, 0.6) is 34.5 Å². The van der Waals surface area contributed by atoms with Gasteiger partial charge in [-0.3, -0.25) is 4.72 Å². The van der Waals surface area contributed by atoms with Gasteiger partial charge in [0.15, 0.2) is 23.0 Å². The summed E-state index contributed by atoms with van der Waals surface area (Å²) in [6.45, 7) is 0. The van der Waals surface area contributed by atoms with Gasteiger partial charge < -0.3 is 28.4 Å². The van der Waals surface area contributed by atoms with Crippen LogP contribution in [-0.4, -0.2) is 51.1 Å². The Morgan fingerprint density at radius 1 is 0.639 bits per heavy atom. The molecule has 3 aromatic rings. The van der Waals surface area contributed by atoms with E-state index < -0.39 is 10.0 Å². The lowest BCUT2D eigenvalue weighted by Gasteiger charge is -2.16. The van der Waals surface area contributed by atoms with E-state index in [2.05, 4.69) is 4.72 Å². The van der Waals surface area contributed by atoms with Gasteiger partial charge in [-0.05, 0) is 29.3 Å². The number of hydrogen-bond acceptors (Lipinski definition) is 8. The number of rotatable bonds is 11. The van der Waals surface area contributed by atoms with Gasteiger partial charge in [-0.25, -0.2) is 8.42 Å². The number of sulfonamides is 1. The summed E-state index contributed by atoms with van der Waals surface area (Å²) in [5.74, 6) is 2.25. The Morgan fingerprint density at radius 3 is 1.58 bits per heavy atom. The van der Waals surface area contributed by atoms with E-state index in [0.717, 1.165) is 5.56 Å². The van der Waals surface area contributed by atoms with Crippen LogP contribution in [0.4, 0.5) is 5.69 Å². The zero-order chi connectivity index (χ0) is 26.3. The van der Waals surface area contributed by atoms with Gasteiger partial charge in [0.25, 0.3) is 10.0 Å². The quantitative estimate of drug-likeness (QED) is 0.367. The number of hydrogen-bond donors (Lipinski definition) is 1. The molecule has 0 aliphatic rings. The zero-order valence-corrected chi connectivity index (χ0v) is 21.8. The van der Waals surface area contributed by atoms with Crippen molar-refractivity contribution in [1.82, 2.24) is 0 Å². The van der Waals surface area contributed by atoms with Crippen molar-refractivity contribution in [3.05, 3.63) is 59.7 Å². The van der Waals surface area contributed by atoms with E-state index in [9.17, 15) is 8.42 Å². The summed E-state index contributed by atoms with van der Waals surface area (Å²) in [7, 11) is 4.91. The maximum Gasteiger partial charge on any atom is 0.262 e. The Labute approximate surface area is 211 Å². The van der Waals surface area contributed by atoms with Crippen molar-refractivity contribution >= 4 is 27.9 Å². The van der Waals surface area contributed by atoms with Crippen LogP contribution in [0.25, 0.3) is 12.2 Å². The molecule has 0 fully saturated rings. The van der Waals surface area contributed by atoms with Gasteiger partial charge in [0.2, 0.25) is 11.5 Å². The maximum absolute atomic E-state index is 13.3. The molecule has 0 spiro atoms. The molecule has 0 saturated carbocycles. The predicted octanol–water partition coefficient (Wildman–Crippen LogP) is 4.71. The maximum atomic E-state index is 13.3. The second kappa shape index (κ2) is 11.6. The molecule has 3 aromatic carbocycles. The smallest absolute Gasteiger partial charge is 0.262 e. The summed E-state index contributed by atoms with van der Waals surface area (Å²) in [5, 5.41) is 0. The highest BCUT2D eigenvalue weighted by atomic mass is 32.2. The summed E-state index contributed by atoms with van der Waals surface area (Å²) in [6.07, 6.45) is 3.60. The minimum Gasteiger partial charge on any atom is -0.493 e. The third-order valence-electron chi connectivity index (χ3n) is 5.30. The van der Waals surface area contributed by atoms with E-state index in [0.29, 0.717) is 34.2 Å². The minimum absolute atomic E-state index is 0.0413. The lowest BCUT2D eigenvalue weighted by Crippen LogP contribution is -2.14. The highest BCUT2D eigenvalue weighted by Gasteiger charge is 2.22. The Kier molecular flexibility index (Phi) is 8.55. The first-order valence-electron chi connectivity index (χ1n) is 10.7. The monoisotopic (exact) mass is 515 g/mol. The standard InChI is InChI=1S/C26H29NO8S/c1-30-21-13-17(14-22(31-2)25(21)34-5)11-12-18-9-7-8-10-20(18)27-36(28,29)19-15-23(32-3)26(35-6)24(16-19)33-4/h7-16,27H,1-6H3. The average molecular weight is 516 g/mol. The molecule has 0 aliphatic carbocycles. The summed E-state index contributed by atoms with van der Waals surface area (Å²) in [5.41, 5.74) is 1.80. The van der Waals surface area contributed by atoms with Crippen LogP contribution >= 0.6 is 0 Å².